The number of anilines is 3. The van der Waals surface area contributed by atoms with Gasteiger partial charge >= 0.3 is 6.09 Å². The number of para-hydroxylation sites is 2. The maximum Gasteiger partial charge on any atom is 0.414 e. The van der Waals surface area contributed by atoms with Crippen molar-refractivity contribution in [3.05, 3.63) is 77.9 Å². The molecule has 0 bridgehead atoms. The molecule has 176 valence electrons. The Morgan fingerprint density at radius 2 is 1.79 bits per heavy atom. The summed E-state index contributed by atoms with van der Waals surface area (Å²) >= 11 is 0. The molecule has 2 N–H and O–H groups in total. The molecule has 34 heavy (non-hydrogen) atoms. The smallest absolute Gasteiger partial charge is 0.414 e. The first-order valence-electron chi connectivity index (χ1n) is 10.4. The van der Waals surface area contributed by atoms with Gasteiger partial charge in [0, 0.05) is 11.3 Å². The van der Waals surface area contributed by atoms with Crippen molar-refractivity contribution >= 4 is 39.1 Å². The molecule has 9 nitrogen and oxygen atoms in total. The van der Waals surface area contributed by atoms with E-state index in [0.717, 1.165) is 0 Å². The first-order chi connectivity index (χ1) is 16.3. The maximum absolute atomic E-state index is 13.1. The van der Waals surface area contributed by atoms with Crippen LogP contribution < -0.4 is 19.7 Å². The molecular weight excluding hydrogens is 458 g/mol. The topological polar surface area (TPSA) is 114 Å². The molecule has 1 saturated heterocycles. The van der Waals surface area contributed by atoms with Crippen LogP contribution in [0.5, 0.6) is 5.75 Å². The normalized spacial score (nSPS) is 13.4. The molecule has 0 aliphatic carbocycles. The third-order valence-corrected chi connectivity index (χ3v) is 6.69. The highest BCUT2D eigenvalue weighted by Gasteiger charge is 2.26. The van der Waals surface area contributed by atoms with Crippen LogP contribution in [0.3, 0.4) is 0 Å². The van der Waals surface area contributed by atoms with E-state index in [-0.39, 0.29) is 17.1 Å². The second-order valence-corrected chi connectivity index (χ2v) is 9.23. The summed E-state index contributed by atoms with van der Waals surface area (Å²) in [5.41, 5.74) is 2.06. The van der Waals surface area contributed by atoms with Crippen LogP contribution >= 0.6 is 0 Å². The standard InChI is InChI=1S/C24H23N3O6S/c1-16-7-12-19(34(30,31)26-17-8-10-18(32-2)11-9-17)15-20(16)23(28)25-21-5-3-4-6-22(21)27-13-14-33-24(27)29/h3-12,15,26H,13-14H2,1-2H3,(H,25,28). The Kier molecular flexibility index (Phi) is 6.42. The van der Waals surface area contributed by atoms with Gasteiger partial charge in [0.05, 0.1) is 29.9 Å². The summed E-state index contributed by atoms with van der Waals surface area (Å²) in [7, 11) is -2.43. The van der Waals surface area contributed by atoms with Crippen molar-refractivity contribution in [3.8, 4) is 5.75 Å². The van der Waals surface area contributed by atoms with Crippen molar-refractivity contribution in [2.24, 2.45) is 0 Å². The third-order valence-electron chi connectivity index (χ3n) is 5.31. The predicted octanol–water partition coefficient (Wildman–Crippen LogP) is 4.01. The van der Waals surface area contributed by atoms with Gasteiger partial charge in [-0.3, -0.25) is 14.4 Å². The molecule has 0 radical (unpaired) electrons. The second kappa shape index (κ2) is 9.44. The van der Waals surface area contributed by atoms with E-state index in [0.29, 0.717) is 34.9 Å². The SMILES string of the molecule is COc1ccc(NS(=O)(=O)c2ccc(C)c(C(=O)Nc3ccccc3N3CCOC3=O)c2)cc1. The minimum Gasteiger partial charge on any atom is -0.497 e. The number of nitrogens with zero attached hydrogens (tertiary/aromatic N) is 1. The van der Waals surface area contributed by atoms with Crippen LogP contribution in [0, 0.1) is 6.92 Å². The van der Waals surface area contributed by atoms with Crippen LogP contribution in [0.4, 0.5) is 21.9 Å². The first kappa shape index (κ1) is 23.1. The van der Waals surface area contributed by atoms with Gasteiger partial charge in [-0.05, 0) is 61.0 Å². The number of carbonyl (C=O) groups is 2. The van der Waals surface area contributed by atoms with Crippen molar-refractivity contribution in [1.82, 2.24) is 0 Å². The van der Waals surface area contributed by atoms with Crippen molar-refractivity contribution in [1.29, 1.82) is 0 Å². The number of cyclic esters (lactones) is 1. The molecule has 2 amide bonds. The van der Waals surface area contributed by atoms with E-state index in [1.807, 2.05) is 0 Å². The quantitative estimate of drug-likeness (QED) is 0.527. The van der Waals surface area contributed by atoms with Crippen molar-refractivity contribution in [3.63, 3.8) is 0 Å². The second-order valence-electron chi connectivity index (χ2n) is 7.55. The largest absolute Gasteiger partial charge is 0.497 e. The molecular formula is C24H23N3O6S. The molecule has 3 aromatic rings. The fourth-order valence-electron chi connectivity index (χ4n) is 3.50. The summed E-state index contributed by atoms with van der Waals surface area (Å²) in [5.74, 6) is 0.0960. The predicted molar refractivity (Wildman–Crippen MR) is 128 cm³/mol. The van der Waals surface area contributed by atoms with E-state index < -0.39 is 22.0 Å². The summed E-state index contributed by atoms with van der Waals surface area (Å²) in [5, 5.41) is 2.79. The van der Waals surface area contributed by atoms with Gasteiger partial charge in [-0.1, -0.05) is 18.2 Å². The number of ether oxygens (including phenoxy) is 2. The summed E-state index contributed by atoms with van der Waals surface area (Å²) in [6.45, 7) is 2.35. The van der Waals surface area contributed by atoms with Gasteiger partial charge in [0.1, 0.15) is 12.4 Å². The molecule has 0 saturated carbocycles. The highest BCUT2D eigenvalue weighted by atomic mass is 32.2. The Hall–Kier alpha value is -4.05. The molecule has 1 fully saturated rings. The monoisotopic (exact) mass is 481 g/mol. The van der Waals surface area contributed by atoms with Gasteiger partial charge in [-0.2, -0.15) is 0 Å². The van der Waals surface area contributed by atoms with E-state index in [4.69, 9.17) is 9.47 Å². The summed E-state index contributed by atoms with van der Waals surface area (Å²) in [6, 6.07) is 17.6. The Bertz CT molecular complexity index is 1340. The van der Waals surface area contributed by atoms with E-state index >= 15 is 0 Å². The molecule has 1 aliphatic rings. The fourth-order valence-corrected chi connectivity index (χ4v) is 4.59. The minimum atomic E-state index is -3.95. The molecule has 0 spiro atoms. The molecule has 1 aliphatic heterocycles. The lowest BCUT2D eigenvalue weighted by atomic mass is 10.1. The van der Waals surface area contributed by atoms with E-state index in [1.54, 1.807) is 61.5 Å². The number of aryl methyl sites for hydroxylation is 1. The molecule has 3 aromatic carbocycles. The molecule has 4 rings (SSSR count). The average Bonchev–Trinajstić information content (AvgIpc) is 3.25. The van der Waals surface area contributed by atoms with E-state index in [2.05, 4.69) is 10.0 Å². The molecule has 0 aromatic heterocycles. The number of hydrogen-bond acceptors (Lipinski definition) is 6. The number of carbonyl (C=O) groups excluding carboxylic acids is 2. The lowest BCUT2D eigenvalue weighted by Gasteiger charge is -2.18. The third kappa shape index (κ3) is 4.81. The van der Waals surface area contributed by atoms with Gasteiger partial charge in [-0.25, -0.2) is 13.2 Å². The van der Waals surface area contributed by atoms with Crippen LogP contribution in [0.2, 0.25) is 0 Å². The van der Waals surface area contributed by atoms with Gasteiger partial charge in [0.15, 0.2) is 0 Å². The van der Waals surface area contributed by atoms with Gasteiger partial charge in [0.25, 0.3) is 15.9 Å². The van der Waals surface area contributed by atoms with Crippen molar-refractivity contribution in [2.45, 2.75) is 11.8 Å². The number of nitrogens with one attached hydrogen (secondary N) is 2. The van der Waals surface area contributed by atoms with Crippen LogP contribution in [-0.2, 0) is 14.8 Å². The summed E-state index contributed by atoms with van der Waals surface area (Å²) in [4.78, 5) is 26.5. The maximum atomic E-state index is 13.1. The van der Waals surface area contributed by atoms with Crippen molar-refractivity contribution in [2.75, 3.05) is 35.2 Å². The Labute approximate surface area is 197 Å². The summed E-state index contributed by atoms with van der Waals surface area (Å²) < 4.78 is 38.4. The lowest BCUT2D eigenvalue weighted by Crippen LogP contribution is -2.25. The zero-order chi connectivity index (χ0) is 24.3. The average molecular weight is 482 g/mol. The van der Waals surface area contributed by atoms with Crippen LogP contribution in [0.1, 0.15) is 15.9 Å². The Balaban J connectivity index is 1.59. The zero-order valence-corrected chi connectivity index (χ0v) is 19.4. The van der Waals surface area contributed by atoms with Gasteiger partial charge in [-0.15, -0.1) is 0 Å². The number of amides is 2. The number of hydrogen-bond donors (Lipinski definition) is 2. The fraction of sp³-hybridized carbons (Fsp3) is 0.167. The van der Waals surface area contributed by atoms with Crippen LogP contribution in [0.25, 0.3) is 0 Å². The number of rotatable bonds is 7. The minimum absolute atomic E-state index is 0.0597. The highest BCUT2D eigenvalue weighted by molar-refractivity contribution is 7.92. The van der Waals surface area contributed by atoms with Gasteiger partial charge in [0.2, 0.25) is 0 Å². The van der Waals surface area contributed by atoms with Crippen molar-refractivity contribution < 1.29 is 27.5 Å². The molecule has 10 heteroatoms. The number of methoxy groups -OCH3 is 1. The van der Waals surface area contributed by atoms with E-state index in [9.17, 15) is 18.0 Å². The zero-order valence-electron chi connectivity index (χ0n) is 18.6. The van der Waals surface area contributed by atoms with Crippen LogP contribution in [-0.4, -0.2) is 40.7 Å². The molecule has 0 atom stereocenters. The highest BCUT2D eigenvalue weighted by Crippen LogP contribution is 2.29. The summed E-state index contributed by atoms with van der Waals surface area (Å²) in [6.07, 6.45) is -0.490. The van der Waals surface area contributed by atoms with Crippen LogP contribution in [0.15, 0.2) is 71.6 Å². The number of benzene rings is 3. The van der Waals surface area contributed by atoms with E-state index in [1.165, 1.54) is 24.1 Å². The Morgan fingerprint density at radius 3 is 2.47 bits per heavy atom. The number of sulfonamides is 1. The molecule has 0 unspecified atom stereocenters. The first-order valence-corrected chi connectivity index (χ1v) is 11.9. The van der Waals surface area contributed by atoms with Gasteiger partial charge < -0.3 is 14.8 Å². The Morgan fingerprint density at radius 1 is 1.06 bits per heavy atom. The lowest BCUT2D eigenvalue weighted by molar-refractivity contribution is 0.102. The molecule has 1 heterocycles.